The first kappa shape index (κ1) is 12.5. The van der Waals surface area contributed by atoms with E-state index in [0.717, 1.165) is 17.7 Å². The lowest BCUT2D eigenvalue weighted by atomic mass is 9.88. The van der Waals surface area contributed by atoms with E-state index in [2.05, 4.69) is 15.9 Å². The molecule has 2 aromatic rings. The Balaban J connectivity index is 1.82. The van der Waals surface area contributed by atoms with Crippen LogP contribution in [0.15, 0.2) is 45.7 Å². The molecule has 0 saturated carbocycles. The predicted molar refractivity (Wildman–Crippen MR) is 74.7 cm³/mol. The maximum atomic E-state index is 12.3. The average Bonchev–Trinajstić information content (AvgIpc) is 2.85. The maximum absolute atomic E-state index is 12.3. The summed E-state index contributed by atoms with van der Waals surface area (Å²) in [5, 5.41) is 0. The highest BCUT2D eigenvalue weighted by molar-refractivity contribution is 9.10. The fourth-order valence-electron chi connectivity index (χ4n) is 2.46. The third-order valence-electron chi connectivity index (χ3n) is 3.43. The largest absolute Gasteiger partial charge is 0.493 e. The molecule has 4 heteroatoms. The standard InChI is InChI=1S/C15H13BrO3/c16-15-12(6-8-19-15)13(17)9-10-5-7-18-14-4-2-1-3-11(10)14/h1-4,6,8,10H,5,7,9H2. The van der Waals surface area contributed by atoms with Gasteiger partial charge in [-0.1, -0.05) is 18.2 Å². The number of hydrogen-bond donors (Lipinski definition) is 0. The molecule has 0 N–H and O–H groups in total. The third-order valence-corrected chi connectivity index (χ3v) is 4.05. The van der Waals surface area contributed by atoms with E-state index in [1.165, 1.54) is 6.26 Å². The Morgan fingerprint density at radius 1 is 1.32 bits per heavy atom. The second-order valence-corrected chi connectivity index (χ2v) is 5.33. The molecule has 1 aromatic carbocycles. The molecule has 0 amide bonds. The molecule has 1 atom stereocenters. The van der Waals surface area contributed by atoms with E-state index in [1.54, 1.807) is 6.07 Å². The second-order valence-electron chi connectivity index (χ2n) is 4.61. The first-order chi connectivity index (χ1) is 9.25. The van der Waals surface area contributed by atoms with Crippen LogP contribution in [0.3, 0.4) is 0 Å². The Morgan fingerprint density at radius 3 is 2.95 bits per heavy atom. The van der Waals surface area contributed by atoms with Crippen LogP contribution in [0.25, 0.3) is 0 Å². The molecule has 0 saturated heterocycles. The van der Waals surface area contributed by atoms with Gasteiger partial charge in [0.2, 0.25) is 0 Å². The van der Waals surface area contributed by atoms with E-state index < -0.39 is 0 Å². The zero-order valence-corrected chi connectivity index (χ0v) is 11.9. The minimum Gasteiger partial charge on any atom is -0.493 e. The van der Waals surface area contributed by atoms with Gasteiger partial charge >= 0.3 is 0 Å². The fourth-order valence-corrected chi connectivity index (χ4v) is 2.92. The summed E-state index contributed by atoms with van der Waals surface area (Å²) >= 11 is 3.25. The van der Waals surface area contributed by atoms with Crippen LogP contribution in [0.2, 0.25) is 0 Å². The van der Waals surface area contributed by atoms with Gasteiger partial charge in [0.25, 0.3) is 0 Å². The molecule has 3 nitrogen and oxygen atoms in total. The molecule has 0 aliphatic carbocycles. The Labute approximate surface area is 119 Å². The summed E-state index contributed by atoms with van der Waals surface area (Å²) in [6.45, 7) is 0.668. The number of furan rings is 1. The molecule has 1 unspecified atom stereocenters. The highest BCUT2D eigenvalue weighted by Crippen LogP contribution is 2.36. The van der Waals surface area contributed by atoms with Gasteiger partial charge in [-0.2, -0.15) is 0 Å². The number of fused-ring (bicyclic) bond motifs is 1. The van der Waals surface area contributed by atoms with Crippen molar-refractivity contribution in [3.8, 4) is 5.75 Å². The highest BCUT2D eigenvalue weighted by Gasteiger charge is 2.25. The van der Waals surface area contributed by atoms with E-state index >= 15 is 0 Å². The number of hydrogen-bond acceptors (Lipinski definition) is 3. The lowest BCUT2D eigenvalue weighted by Crippen LogP contribution is -2.17. The quantitative estimate of drug-likeness (QED) is 0.796. The summed E-state index contributed by atoms with van der Waals surface area (Å²) < 4.78 is 11.2. The molecule has 0 radical (unpaired) electrons. The van der Waals surface area contributed by atoms with Gasteiger partial charge in [0.1, 0.15) is 5.75 Å². The van der Waals surface area contributed by atoms with Crippen LogP contribution in [-0.4, -0.2) is 12.4 Å². The van der Waals surface area contributed by atoms with E-state index in [0.29, 0.717) is 23.3 Å². The van der Waals surface area contributed by atoms with Crippen LogP contribution in [0.4, 0.5) is 0 Å². The minimum absolute atomic E-state index is 0.0994. The van der Waals surface area contributed by atoms with Crippen molar-refractivity contribution < 1.29 is 13.9 Å². The Morgan fingerprint density at radius 2 is 2.16 bits per heavy atom. The molecule has 1 aliphatic heterocycles. The Kier molecular flexibility index (Phi) is 3.42. The molecule has 1 aromatic heterocycles. The molecule has 19 heavy (non-hydrogen) atoms. The van der Waals surface area contributed by atoms with Gasteiger partial charge in [-0.25, -0.2) is 0 Å². The first-order valence-corrected chi connectivity index (χ1v) is 7.03. The van der Waals surface area contributed by atoms with E-state index in [1.807, 2.05) is 24.3 Å². The normalized spacial score (nSPS) is 17.6. The van der Waals surface area contributed by atoms with Gasteiger partial charge in [0.05, 0.1) is 18.4 Å². The van der Waals surface area contributed by atoms with Crippen molar-refractivity contribution in [2.45, 2.75) is 18.8 Å². The minimum atomic E-state index is 0.0994. The van der Waals surface area contributed by atoms with Crippen LogP contribution in [0.1, 0.15) is 34.7 Å². The molecular formula is C15H13BrO3. The summed E-state index contributed by atoms with van der Waals surface area (Å²) in [5.41, 5.74) is 1.74. The summed E-state index contributed by atoms with van der Waals surface area (Å²) in [4.78, 5) is 12.3. The number of carbonyl (C=O) groups is 1. The zero-order valence-electron chi connectivity index (χ0n) is 10.3. The molecule has 2 heterocycles. The lowest BCUT2D eigenvalue weighted by molar-refractivity contribution is 0.0964. The van der Waals surface area contributed by atoms with Crippen LogP contribution in [-0.2, 0) is 0 Å². The molecule has 3 rings (SSSR count). The van der Waals surface area contributed by atoms with Gasteiger partial charge in [-0.3, -0.25) is 4.79 Å². The van der Waals surface area contributed by atoms with Crippen molar-refractivity contribution in [1.29, 1.82) is 0 Å². The first-order valence-electron chi connectivity index (χ1n) is 6.23. The van der Waals surface area contributed by atoms with Crippen molar-refractivity contribution in [3.63, 3.8) is 0 Å². The van der Waals surface area contributed by atoms with Crippen LogP contribution >= 0.6 is 15.9 Å². The van der Waals surface area contributed by atoms with Crippen molar-refractivity contribution >= 4 is 21.7 Å². The third kappa shape index (κ3) is 2.45. The summed E-state index contributed by atoms with van der Waals surface area (Å²) in [7, 11) is 0. The van der Waals surface area contributed by atoms with Crippen LogP contribution < -0.4 is 4.74 Å². The number of para-hydroxylation sites is 1. The second kappa shape index (κ2) is 5.21. The Bertz CT molecular complexity index is 603. The molecule has 0 bridgehead atoms. The van der Waals surface area contributed by atoms with Crippen LogP contribution in [0, 0.1) is 0 Å². The molecule has 0 fully saturated rings. The molecule has 1 aliphatic rings. The number of carbonyl (C=O) groups excluding carboxylic acids is 1. The average molecular weight is 321 g/mol. The van der Waals surface area contributed by atoms with Crippen molar-refractivity contribution in [2.75, 3.05) is 6.61 Å². The van der Waals surface area contributed by atoms with Crippen molar-refractivity contribution in [3.05, 3.63) is 52.4 Å². The number of rotatable bonds is 3. The van der Waals surface area contributed by atoms with E-state index in [4.69, 9.17) is 9.15 Å². The topological polar surface area (TPSA) is 39.4 Å². The molecular weight excluding hydrogens is 308 g/mol. The van der Waals surface area contributed by atoms with E-state index in [-0.39, 0.29) is 11.7 Å². The number of ketones is 1. The molecule has 0 spiro atoms. The lowest BCUT2D eigenvalue weighted by Gasteiger charge is -2.25. The van der Waals surface area contributed by atoms with Crippen LogP contribution in [0.5, 0.6) is 5.75 Å². The monoisotopic (exact) mass is 320 g/mol. The summed E-state index contributed by atoms with van der Waals surface area (Å²) in [6, 6.07) is 9.64. The number of Topliss-reactive ketones (excluding diaryl/α,β-unsaturated/α-hetero) is 1. The predicted octanol–water partition coefficient (Wildman–Crippen LogP) is 4.18. The van der Waals surface area contributed by atoms with Crippen molar-refractivity contribution in [2.24, 2.45) is 0 Å². The molecule has 98 valence electrons. The number of ether oxygens (including phenoxy) is 1. The van der Waals surface area contributed by atoms with E-state index in [9.17, 15) is 4.79 Å². The van der Waals surface area contributed by atoms with Gasteiger partial charge in [-0.15, -0.1) is 0 Å². The van der Waals surface area contributed by atoms with Gasteiger partial charge in [0.15, 0.2) is 10.5 Å². The number of benzene rings is 1. The highest BCUT2D eigenvalue weighted by atomic mass is 79.9. The maximum Gasteiger partial charge on any atom is 0.179 e. The Hall–Kier alpha value is -1.55. The zero-order chi connectivity index (χ0) is 13.2. The SMILES string of the molecule is O=C(CC1CCOc2ccccc21)c1ccoc1Br. The number of halogens is 1. The van der Waals surface area contributed by atoms with Gasteiger partial charge in [0, 0.05) is 6.42 Å². The van der Waals surface area contributed by atoms with Crippen molar-refractivity contribution in [1.82, 2.24) is 0 Å². The van der Waals surface area contributed by atoms with Gasteiger partial charge < -0.3 is 9.15 Å². The summed E-state index contributed by atoms with van der Waals surface area (Å²) in [6.07, 6.45) is 2.88. The fraction of sp³-hybridized carbons (Fsp3) is 0.267. The van der Waals surface area contributed by atoms with Gasteiger partial charge in [-0.05, 0) is 46.0 Å². The summed E-state index contributed by atoms with van der Waals surface area (Å²) in [5.74, 6) is 1.22. The smallest absolute Gasteiger partial charge is 0.179 e.